The van der Waals surface area contributed by atoms with Crippen LogP contribution in [-0.4, -0.2) is 17.2 Å². The largest absolute Gasteiger partial charge is 0.506 e. The average Bonchev–Trinajstić information content (AvgIpc) is 2.18. The molecule has 3 nitrogen and oxygen atoms in total. The maximum atomic E-state index is 9.43. The lowest BCUT2D eigenvalue weighted by molar-refractivity contribution is 0.415. The number of hydrogen-bond acceptors (Lipinski definition) is 3. The Morgan fingerprint density at radius 2 is 2.15 bits per heavy atom. The van der Waals surface area contributed by atoms with Crippen LogP contribution >= 0.6 is 0 Å². The van der Waals surface area contributed by atoms with Crippen molar-refractivity contribution in [3.8, 4) is 11.5 Å². The third kappa shape index (κ3) is 1.28. The van der Waals surface area contributed by atoms with E-state index in [1.54, 1.807) is 13.3 Å². The number of ether oxygens (including phenoxy) is 1. The van der Waals surface area contributed by atoms with E-state index in [2.05, 4.69) is 4.98 Å². The molecule has 0 unspecified atom stereocenters. The summed E-state index contributed by atoms with van der Waals surface area (Å²) in [7, 11) is 1.61. The number of aromatic hydroxyl groups is 1. The highest BCUT2D eigenvalue weighted by Crippen LogP contribution is 2.26. The van der Waals surface area contributed by atoms with Crippen LogP contribution in [0.1, 0.15) is 0 Å². The van der Waals surface area contributed by atoms with Crippen molar-refractivity contribution < 1.29 is 9.84 Å². The van der Waals surface area contributed by atoms with Crippen molar-refractivity contribution in [1.29, 1.82) is 0 Å². The first-order valence-corrected chi connectivity index (χ1v) is 3.92. The number of hydrogen-bond donors (Lipinski definition) is 1. The molecule has 0 fully saturated rings. The zero-order valence-corrected chi connectivity index (χ0v) is 7.19. The molecule has 0 radical (unpaired) electrons. The van der Waals surface area contributed by atoms with Gasteiger partial charge in [0.25, 0.3) is 0 Å². The second-order valence-corrected chi connectivity index (χ2v) is 2.75. The number of pyridine rings is 1. The second-order valence-electron chi connectivity index (χ2n) is 2.75. The molecule has 0 atom stereocenters. The molecule has 0 saturated heterocycles. The average molecular weight is 175 g/mol. The van der Waals surface area contributed by atoms with E-state index in [0.717, 1.165) is 16.5 Å². The Kier molecular flexibility index (Phi) is 1.77. The van der Waals surface area contributed by atoms with Gasteiger partial charge in [-0.3, -0.25) is 4.98 Å². The van der Waals surface area contributed by atoms with Crippen molar-refractivity contribution in [3.63, 3.8) is 0 Å². The molecule has 0 spiro atoms. The Bertz CT molecular complexity index is 440. The Morgan fingerprint density at radius 3 is 2.92 bits per heavy atom. The first-order valence-electron chi connectivity index (χ1n) is 3.92. The molecule has 0 aliphatic carbocycles. The SMILES string of the molecule is COc1ccc2c(O)cncc2c1. The standard InChI is InChI=1S/C10H9NO2/c1-13-8-2-3-9-7(4-8)5-11-6-10(9)12/h2-6,12H,1H3. The van der Waals surface area contributed by atoms with E-state index in [1.807, 2.05) is 18.2 Å². The zero-order valence-electron chi connectivity index (χ0n) is 7.19. The zero-order chi connectivity index (χ0) is 9.26. The third-order valence-electron chi connectivity index (χ3n) is 1.95. The first kappa shape index (κ1) is 7.86. The molecular weight excluding hydrogens is 166 g/mol. The van der Waals surface area contributed by atoms with Crippen LogP contribution < -0.4 is 4.74 Å². The molecule has 2 rings (SSSR count). The molecule has 1 N–H and O–H groups in total. The van der Waals surface area contributed by atoms with Gasteiger partial charge in [0.1, 0.15) is 11.5 Å². The summed E-state index contributed by atoms with van der Waals surface area (Å²) in [5.41, 5.74) is 0. The van der Waals surface area contributed by atoms with Gasteiger partial charge in [0, 0.05) is 17.0 Å². The second kappa shape index (κ2) is 2.94. The van der Waals surface area contributed by atoms with E-state index >= 15 is 0 Å². The summed E-state index contributed by atoms with van der Waals surface area (Å²) in [6, 6.07) is 5.45. The highest BCUT2D eigenvalue weighted by Gasteiger charge is 2.00. The summed E-state index contributed by atoms with van der Waals surface area (Å²) >= 11 is 0. The van der Waals surface area contributed by atoms with E-state index in [-0.39, 0.29) is 5.75 Å². The van der Waals surface area contributed by atoms with Gasteiger partial charge in [-0.05, 0) is 18.2 Å². The van der Waals surface area contributed by atoms with Crippen LogP contribution in [0.25, 0.3) is 10.8 Å². The Hall–Kier alpha value is -1.77. The van der Waals surface area contributed by atoms with Crippen molar-refractivity contribution in [2.45, 2.75) is 0 Å². The summed E-state index contributed by atoms with van der Waals surface area (Å²) in [6.07, 6.45) is 3.12. The Labute approximate surface area is 75.6 Å². The fourth-order valence-corrected chi connectivity index (χ4v) is 1.27. The molecule has 0 amide bonds. The molecule has 3 heteroatoms. The summed E-state index contributed by atoms with van der Waals surface area (Å²) in [5, 5.41) is 11.1. The maximum Gasteiger partial charge on any atom is 0.141 e. The Balaban J connectivity index is 2.72. The van der Waals surface area contributed by atoms with Crippen LogP contribution in [0.2, 0.25) is 0 Å². The molecule has 0 aliphatic heterocycles. The highest BCUT2D eigenvalue weighted by molar-refractivity contribution is 5.88. The minimum Gasteiger partial charge on any atom is -0.506 e. The molecule has 1 aromatic heterocycles. The predicted molar refractivity (Wildman–Crippen MR) is 50.0 cm³/mol. The molecule has 13 heavy (non-hydrogen) atoms. The van der Waals surface area contributed by atoms with E-state index in [1.165, 1.54) is 6.20 Å². The van der Waals surface area contributed by atoms with Crippen LogP contribution in [0.4, 0.5) is 0 Å². The molecule has 1 aromatic carbocycles. The predicted octanol–water partition coefficient (Wildman–Crippen LogP) is 1.95. The van der Waals surface area contributed by atoms with E-state index in [9.17, 15) is 5.11 Å². The van der Waals surface area contributed by atoms with Gasteiger partial charge in [-0.25, -0.2) is 0 Å². The lowest BCUT2D eigenvalue weighted by Crippen LogP contribution is -1.83. The van der Waals surface area contributed by atoms with Crippen LogP contribution in [0.3, 0.4) is 0 Å². The summed E-state index contributed by atoms with van der Waals surface area (Å²) in [6.45, 7) is 0. The van der Waals surface area contributed by atoms with Crippen LogP contribution in [0.15, 0.2) is 30.6 Å². The fraction of sp³-hybridized carbons (Fsp3) is 0.100. The van der Waals surface area contributed by atoms with Gasteiger partial charge < -0.3 is 9.84 Å². The molecule has 0 aliphatic rings. The van der Waals surface area contributed by atoms with Gasteiger partial charge in [-0.15, -0.1) is 0 Å². The first-order chi connectivity index (χ1) is 6.31. The van der Waals surface area contributed by atoms with E-state index < -0.39 is 0 Å². The lowest BCUT2D eigenvalue weighted by Gasteiger charge is -2.02. The number of rotatable bonds is 1. The van der Waals surface area contributed by atoms with Crippen molar-refractivity contribution in [3.05, 3.63) is 30.6 Å². The van der Waals surface area contributed by atoms with E-state index in [0.29, 0.717) is 0 Å². The van der Waals surface area contributed by atoms with Crippen molar-refractivity contribution in [2.24, 2.45) is 0 Å². The molecular formula is C10H9NO2. The minimum absolute atomic E-state index is 0.195. The lowest BCUT2D eigenvalue weighted by atomic mass is 10.1. The van der Waals surface area contributed by atoms with Crippen LogP contribution in [0.5, 0.6) is 11.5 Å². The highest BCUT2D eigenvalue weighted by atomic mass is 16.5. The van der Waals surface area contributed by atoms with Crippen LogP contribution in [0, 0.1) is 0 Å². The van der Waals surface area contributed by atoms with E-state index in [4.69, 9.17) is 4.74 Å². The monoisotopic (exact) mass is 175 g/mol. The van der Waals surface area contributed by atoms with Gasteiger partial charge >= 0.3 is 0 Å². The molecule has 0 saturated carbocycles. The van der Waals surface area contributed by atoms with Crippen molar-refractivity contribution >= 4 is 10.8 Å². The summed E-state index contributed by atoms with van der Waals surface area (Å²) < 4.78 is 5.05. The number of benzene rings is 1. The molecule has 66 valence electrons. The van der Waals surface area contributed by atoms with Gasteiger partial charge in [0.05, 0.1) is 13.3 Å². The molecule has 1 heterocycles. The molecule has 2 aromatic rings. The molecule has 0 bridgehead atoms. The van der Waals surface area contributed by atoms with Gasteiger partial charge in [0.15, 0.2) is 0 Å². The smallest absolute Gasteiger partial charge is 0.141 e. The van der Waals surface area contributed by atoms with Crippen molar-refractivity contribution in [1.82, 2.24) is 4.98 Å². The number of nitrogens with zero attached hydrogens (tertiary/aromatic N) is 1. The maximum absolute atomic E-state index is 9.43. The normalized spacial score (nSPS) is 10.2. The Morgan fingerprint density at radius 1 is 1.31 bits per heavy atom. The minimum atomic E-state index is 0.195. The summed E-state index contributed by atoms with van der Waals surface area (Å²) in [5.74, 6) is 0.958. The quantitative estimate of drug-likeness (QED) is 0.720. The third-order valence-corrected chi connectivity index (χ3v) is 1.95. The topological polar surface area (TPSA) is 42.4 Å². The van der Waals surface area contributed by atoms with Crippen molar-refractivity contribution in [2.75, 3.05) is 7.11 Å². The number of methoxy groups -OCH3 is 1. The fourth-order valence-electron chi connectivity index (χ4n) is 1.27. The summed E-state index contributed by atoms with van der Waals surface area (Å²) in [4.78, 5) is 3.88. The van der Waals surface area contributed by atoms with Crippen LogP contribution in [-0.2, 0) is 0 Å². The van der Waals surface area contributed by atoms with Gasteiger partial charge in [0.2, 0.25) is 0 Å². The number of fused-ring (bicyclic) bond motifs is 1. The van der Waals surface area contributed by atoms with Gasteiger partial charge in [-0.2, -0.15) is 0 Å². The van der Waals surface area contributed by atoms with Gasteiger partial charge in [-0.1, -0.05) is 0 Å². The number of aromatic nitrogens is 1.